The van der Waals surface area contributed by atoms with E-state index in [1.807, 2.05) is 7.11 Å². The minimum absolute atomic E-state index is 0.0523. The molecule has 0 aliphatic heterocycles. The maximum Gasteiger partial charge on any atom is 0.0847 e. The Morgan fingerprint density at radius 2 is 1.87 bits per heavy atom. The van der Waals surface area contributed by atoms with Gasteiger partial charge in [-0.1, -0.05) is 19.3 Å². The second kappa shape index (κ2) is 4.81. The van der Waals surface area contributed by atoms with Crippen LogP contribution in [0, 0.1) is 5.92 Å². The topological polar surface area (TPSA) is 47.3 Å². The molecule has 2 rings (SSSR count). The lowest BCUT2D eigenvalue weighted by atomic mass is 9.67. The lowest BCUT2D eigenvalue weighted by molar-refractivity contribution is -0.114. The summed E-state index contributed by atoms with van der Waals surface area (Å²) in [5.41, 5.74) is 3.09. The van der Waals surface area contributed by atoms with Crippen LogP contribution in [0.4, 0.5) is 0 Å². The Bertz CT molecular complexity index is 192. The first-order valence-corrected chi connectivity index (χ1v) is 6.34. The Labute approximate surface area is 92.7 Å². The van der Waals surface area contributed by atoms with Gasteiger partial charge in [-0.15, -0.1) is 0 Å². The molecule has 3 N–H and O–H groups in total. The van der Waals surface area contributed by atoms with Crippen LogP contribution in [0.5, 0.6) is 0 Å². The maximum absolute atomic E-state index is 5.74. The van der Waals surface area contributed by atoms with Crippen molar-refractivity contribution >= 4 is 0 Å². The van der Waals surface area contributed by atoms with Gasteiger partial charge in [0.2, 0.25) is 0 Å². The highest BCUT2D eigenvalue weighted by molar-refractivity contribution is 5.02. The number of hydrazine groups is 1. The average molecular weight is 212 g/mol. The molecule has 2 saturated carbocycles. The molecule has 0 spiro atoms. The number of nitrogens with two attached hydrogens (primary N) is 1. The largest absolute Gasteiger partial charge is 0.377 e. The molecule has 0 bridgehead atoms. The molecule has 2 fully saturated rings. The highest BCUT2D eigenvalue weighted by atomic mass is 16.5. The molecule has 1 unspecified atom stereocenters. The van der Waals surface area contributed by atoms with Gasteiger partial charge in [0.15, 0.2) is 0 Å². The summed E-state index contributed by atoms with van der Waals surface area (Å²) in [4.78, 5) is 0. The van der Waals surface area contributed by atoms with Gasteiger partial charge in [-0.3, -0.25) is 11.3 Å². The molecule has 3 nitrogen and oxygen atoms in total. The van der Waals surface area contributed by atoms with Crippen LogP contribution in [-0.2, 0) is 4.74 Å². The Kier molecular flexibility index (Phi) is 3.65. The van der Waals surface area contributed by atoms with Crippen molar-refractivity contribution in [3.63, 3.8) is 0 Å². The lowest BCUT2D eigenvalue weighted by Crippen LogP contribution is -2.61. The Hall–Kier alpha value is -0.120. The predicted octanol–water partition coefficient (Wildman–Crippen LogP) is 1.97. The first kappa shape index (κ1) is 11.4. The molecule has 15 heavy (non-hydrogen) atoms. The van der Waals surface area contributed by atoms with E-state index in [-0.39, 0.29) is 5.60 Å². The average Bonchev–Trinajstić information content (AvgIpc) is 2.24. The first-order chi connectivity index (χ1) is 7.32. The van der Waals surface area contributed by atoms with Crippen molar-refractivity contribution in [2.24, 2.45) is 11.8 Å². The summed E-state index contributed by atoms with van der Waals surface area (Å²) in [5, 5.41) is 0. The van der Waals surface area contributed by atoms with Gasteiger partial charge in [0.25, 0.3) is 0 Å². The summed E-state index contributed by atoms with van der Waals surface area (Å²) in [6.07, 6.45) is 10.4. The summed E-state index contributed by atoms with van der Waals surface area (Å²) < 4.78 is 5.74. The van der Waals surface area contributed by atoms with Gasteiger partial charge in [-0.2, -0.15) is 0 Å². The first-order valence-electron chi connectivity index (χ1n) is 6.34. The van der Waals surface area contributed by atoms with E-state index in [0.717, 1.165) is 5.92 Å². The number of hydrogen-bond acceptors (Lipinski definition) is 3. The van der Waals surface area contributed by atoms with Crippen LogP contribution in [0.3, 0.4) is 0 Å². The van der Waals surface area contributed by atoms with Crippen LogP contribution in [0.2, 0.25) is 0 Å². The number of rotatable bonds is 4. The smallest absolute Gasteiger partial charge is 0.0847 e. The van der Waals surface area contributed by atoms with Gasteiger partial charge in [0, 0.05) is 7.11 Å². The molecule has 0 aromatic rings. The van der Waals surface area contributed by atoms with Gasteiger partial charge in [0.1, 0.15) is 0 Å². The Morgan fingerprint density at radius 1 is 1.20 bits per heavy atom. The minimum Gasteiger partial charge on any atom is -0.377 e. The third kappa shape index (κ3) is 2.05. The fraction of sp³-hybridized carbons (Fsp3) is 1.00. The van der Waals surface area contributed by atoms with Crippen molar-refractivity contribution in [2.75, 3.05) is 7.11 Å². The van der Waals surface area contributed by atoms with Gasteiger partial charge in [-0.05, 0) is 38.0 Å². The van der Waals surface area contributed by atoms with Gasteiger partial charge in [-0.25, -0.2) is 0 Å². The zero-order chi connectivity index (χ0) is 10.7. The Balaban J connectivity index is 2.01. The van der Waals surface area contributed by atoms with E-state index in [4.69, 9.17) is 10.6 Å². The Morgan fingerprint density at radius 3 is 2.27 bits per heavy atom. The minimum atomic E-state index is 0.0523. The van der Waals surface area contributed by atoms with E-state index < -0.39 is 0 Å². The SMILES string of the molecule is COC1(C(NN)C2CCCCC2)CCC1. The molecule has 0 aromatic carbocycles. The number of hydrogen-bond donors (Lipinski definition) is 2. The fourth-order valence-corrected chi connectivity index (χ4v) is 3.35. The summed E-state index contributed by atoms with van der Waals surface area (Å²) >= 11 is 0. The van der Waals surface area contributed by atoms with Crippen LogP contribution < -0.4 is 11.3 Å². The van der Waals surface area contributed by atoms with Crippen molar-refractivity contribution in [1.82, 2.24) is 5.43 Å². The molecular weight excluding hydrogens is 188 g/mol. The van der Waals surface area contributed by atoms with Crippen molar-refractivity contribution in [3.05, 3.63) is 0 Å². The van der Waals surface area contributed by atoms with Crippen molar-refractivity contribution in [1.29, 1.82) is 0 Å². The van der Waals surface area contributed by atoms with Crippen molar-refractivity contribution in [3.8, 4) is 0 Å². The van der Waals surface area contributed by atoms with E-state index in [1.165, 1.54) is 51.4 Å². The normalized spacial score (nSPS) is 28.4. The standard InChI is InChI=1S/C12H24N2O/c1-15-12(8-5-9-12)11(14-13)10-6-3-2-4-7-10/h10-11,14H,2-9,13H2,1H3. The van der Waals surface area contributed by atoms with E-state index in [0.29, 0.717) is 6.04 Å². The summed E-state index contributed by atoms with van der Waals surface area (Å²) in [7, 11) is 1.84. The maximum atomic E-state index is 5.74. The highest BCUT2D eigenvalue weighted by Gasteiger charge is 2.47. The van der Waals surface area contributed by atoms with Crippen LogP contribution >= 0.6 is 0 Å². The monoisotopic (exact) mass is 212 g/mol. The third-order valence-corrected chi connectivity index (χ3v) is 4.47. The predicted molar refractivity (Wildman–Crippen MR) is 61.3 cm³/mol. The zero-order valence-corrected chi connectivity index (χ0v) is 9.80. The summed E-state index contributed by atoms with van der Waals surface area (Å²) in [5.74, 6) is 6.47. The third-order valence-electron chi connectivity index (χ3n) is 4.47. The molecule has 0 amide bonds. The van der Waals surface area contributed by atoms with Gasteiger partial charge >= 0.3 is 0 Å². The van der Waals surface area contributed by atoms with E-state index in [2.05, 4.69) is 5.43 Å². The number of ether oxygens (including phenoxy) is 1. The second-order valence-corrected chi connectivity index (χ2v) is 5.16. The molecule has 3 heteroatoms. The van der Waals surface area contributed by atoms with Gasteiger partial charge in [0.05, 0.1) is 11.6 Å². The highest BCUT2D eigenvalue weighted by Crippen LogP contribution is 2.43. The zero-order valence-electron chi connectivity index (χ0n) is 9.80. The number of nitrogens with one attached hydrogen (secondary N) is 1. The fourth-order valence-electron chi connectivity index (χ4n) is 3.35. The molecule has 0 heterocycles. The molecule has 2 aliphatic rings. The molecule has 88 valence electrons. The van der Waals surface area contributed by atoms with Crippen LogP contribution in [0.1, 0.15) is 51.4 Å². The molecule has 1 atom stereocenters. The quantitative estimate of drug-likeness (QED) is 0.553. The van der Waals surface area contributed by atoms with E-state index in [1.54, 1.807) is 0 Å². The van der Waals surface area contributed by atoms with Crippen LogP contribution in [-0.4, -0.2) is 18.8 Å². The lowest BCUT2D eigenvalue weighted by Gasteiger charge is -2.49. The second-order valence-electron chi connectivity index (χ2n) is 5.16. The van der Waals surface area contributed by atoms with Gasteiger partial charge < -0.3 is 4.74 Å². The molecule has 0 radical (unpaired) electrons. The molecule has 0 saturated heterocycles. The van der Waals surface area contributed by atoms with E-state index in [9.17, 15) is 0 Å². The molecular formula is C12H24N2O. The van der Waals surface area contributed by atoms with Crippen molar-refractivity contribution in [2.45, 2.75) is 63.0 Å². The van der Waals surface area contributed by atoms with Crippen molar-refractivity contribution < 1.29 is 4.74 Å². The molecule has 2 aliphatic carbocycles. The number of methoxy groups -OCH3 is 1. The van der Waals surface area contributed by atoms with Crippen LogP contribution in [0.15, 0.2) is 0 Å². The molecule has 0 aromatic heterocycles. The summed E-state index contributed by atoms with van der Waals surface area (Å²) in [6.45, 7) is 0. The van der Waals surface area contributed by atoms with Crippen LogP contribution in [0.25, 0.3) is 0 Å². The van der Waals surface area contributed by atoms with E-state index >= 15 is 0 Å². The summed E-state index contributed by atoms with van der Waals surface area (Å²) in [6, 6.07) is 0.372.